The second kappa shape index (κ2) is 10.4. The summed E-state index contributed by atoms with van der Waals surface area (Å²) in [6, 6.07) is 9.16. The van der Waals surface area contributed by atoms with Crippen LogP contribution in [0.5, 0.6) is 5.88 Å². The largest absolute Gasteiger partial charge is 0.481 e. The van der Waals surface area contributed by atoms with Gasteiger partial charge in [-0.1, -0.05) is 6.07 Å². The van der Waals surface area contributed by atoms with Crippen LogP contribution in [0.1, 0.15) is 31.1 Å². The van der Waals surface area contributed by atoms with E-state index in [9.17, 15) is 5.11 Å². The van der Waals surface area contributed by atoms with Crippen LogP contribution < -0.4 is 15.4 Å². The molecule has 0 spiro atoms. The molecule has 0 bridgehead atoms. The maximum Gasteiger partial charge on any atom is 0.213 e. The first-order valence-electron chi connectivity index (χ1n) is 8.26. The minimum atomic E-state index is -1.14. The zero-order valence-electron chi connectivity index (χ0n) is 15.6. The number of aryl methyl sites for hydroxylation is 1. The van der Waals surface area contributed by atoms with Gasteiger partial charge in [-0.2, -0.15) is 0 Å². The van der Waals surface area contributed by atoms with Gasteiger partial charge >= 0.3 is 0 Å². The van der Waals surface area contributed by atoms with Crippen molar-refractivity contribution in [2.45, 2.75) is 32.9 Å². The molecule has 26 heavy (non-hydrogen) atoms. The van der Waals surface area contributed by atoms with Crippen LogP contribution in [0.2, 0.25) is 0 Å². The van der Waals surface area contributed by atoms with Crippen molar-refractivity contribution >= 4 is 29.9 Å². The molecule has 3 N–H and O–H groups in total. The second-order valence-corrected chi connectivity index (χ2v) is 5.90. The van der Waals surface area contributed by atoms with Crippen molar-refractivity contribution in [3.8, 4) is 5.88 Å². The molecule has 8 heteroatoms. The van der Waals surface area contributed by atoms with Gasteiger partial charge in [0.15, 0.2) is 5.96 Å². The summed E-state index contributed by atoms with van der Waals surface area (Å²) in [5.41, 5.74) is -0.344. The third-order valence-corrected chi connectivity index (χ3v) is 3.60. The number of hydrogen-bond donors (Lipinski definition) is 3. The number of aliphatic hydroxyl groups is 1. The summed E-state index contributed by atoms with van der Waals surface area (Å²) in [7, 11) is 1.58. The molecule has 7 nitrogen and oxygen atoms in total. The smallest absolute Gasteiger partial charge is 0.213 e. The first-order chi connectivity index (χ1) is 11.9. The molecule has 144 valence electrons. The maximum atomic E-state index is 10.6. The predicted molar refractivity (Wildman–Crippen MR) is 112 cm³/mol. The van der Waals surface area contributed by atoms with E-state index < -0.39 is 5.60 Å². The molecule has 2 heterocycles. The summed E-state index contributed by atoms with van der Waals surface area (Å²) in [5.74, 6) is 2.43. The zero-order chi connectivity index (χ0) is 18.3. The molecule has 1 unspecified atom stereocenters. The van der Waals surface area contributed by atoms with Crippen molar-refractivity contribution in [3.05, 3.63) is 47.5 Å². The highest BCUT2D eigenvalue weighted by Crippen LogP contribution is 2.21. The molecule has 0 fully saturated rings. The fourth-order valence-corrected chi connectivity index (χ4v) is 2.23. The third kappa shape index (κ3) is 6.49. The molecule has 0 aliphatic rings. The van der Waals surface area contributed by atoms with Crippen LogP contribution in [-0.4, -0.2) is 36.2 Å². The Morgan fingerprint density at radius 3 is 2.69 bits per heavy atom. The monoisotopic (exact) mass is 474 g/mol. The lowest BCUT2D eigenvalue weighted by Gasteiger charge is -2.22. The number of aromatic nitrogens is 1. The zero-order valence-corrected chi connectivity index (χ0v) is 17.9. The molecule has 0 amide bonds. The topological polar surface area (TPSA) is 91.9 Å². The van der Waals surface area contributed by atoms with Gasteiger partial charge in [0, 0.05) is 12.6 Å². The maximum absolute atomic E-state index is 10.6. The van der Waals surface area contributed by atoms with E-state index in [1.807, 2.05) is 32.0 Å². The van der Waals surface area contributed by atoms with Crippen LogP contribution in [0, 0.1) is 6.92 Å². The number of methoxy groups -OCH3 is 1. The molecule has 0 aliphatic carbocycles. The molecular formula is C18H27IN4O3. The number of pyridine rings is 1. The van der Waals surface area contributed by atoms with Gasteiger partial charge < -0.3 is 24.9 Å². The van der Waals surface area contributed by atoms with Crippen LogP contribution in [0.3, 0.4) is 0 Å². The summed E-state index contributed by atoms with van der Waals surface area (Å²) >= 11 is 0. The summed E-state index contributed by atoms with van der Waals surface area (Å²) < 4.78 is 10.6. The number of nitrogens with one attached hydrogen (secondary N) is 2. The lowest BCUT2D eigenvalue weighted by atomic mass is 10.0. The van der Waals surface area contributed by atoms with E-state index in [4.69, 9.17) is 9.15 Å². The molecule has 2 rings (SSSR count). The van der Waals surface area contributed by atoms with Crippen LogP contribution in [0.15, 0.2) is 39.7 Å². The number of nitrogens with zero attached hydrogens (tertiary/aromatic N) is 2. The Kier molecular flexibility index (Phi) is 8.86. The highest BCUT2D eigenvalue weighted by atomic mass is 127. The predicted octanol–water partition coefficient (Wildman–Crippen LogP) is 2.57. The summed E-state index contributed by atoms with van der Waals surface area (Å²) in [6.45, 7) is 6.89. The summed E-state index contributed by atoms with van der Waals surface area (Å²) in [6.07, 6.45) is 0. The van der Waals surface area contributed by atoms with Crippen molar-refractivity contribution in [2.75, 3.05) is 20.2 Å². The van der Waals surface area contributed by atoms with E-state index in [2.05, 4.69) is 20.6 Å². The highest BCUT2D eigenvalue weighted by Gasteiger charge is 2.27. The fourth-order valence-electron chi connectivity index (χ4n) is 2.23. The molecule has 2 aromatic rings. The first-order valence-corrected chi connectivity index (χ1v) is 8.26. The number of hydrogen-bond acceptors (Lipinski definition) is 5. The fraction of sp³-hybridized carbons (Fsp3) is 0.444. The van der Waals surface area contributed by atoms with E-state index in [0.717, 1.165) is 11.5 Å². The number of halogens is 1. The van der Waals surface area contributed by atoms with Gasteiger partial charge in [-0.3, -0.25) is 0 Å². The third-order valence-electron chi connectivity index (χ3n) is 3.60. The Balaban J connectivity index is 0.00000338. The number of aliphatic imine (C=N–C) groups is 1. The van der Waals surface area contributed by atoms with Gasteiger partial charge in [0.05, 0.1) is 25.9 Å². The number of rotatable bonds is 7. The van der Waals surface area contributed by atoms with E-state index in [1.54, 1.807) is 26.2 Å². The Morgan fingerprint density at radius 1 is 1.31 bits per heavy atom. The molecule has 2 aromatic heterocycles. The van der Waals surface area contributed by atoms with Gasteiger partial charge in [0.25, 0.3) is 0 Å². The average Bonchev–Trinajstić information content (AvgIpc) is 3.05. The van der Waals surface area contributed by atoms with Gasteiger partial charge in [-0.25, -0.2) is 9.98 Å². The molecule has 0 saturated heterocycles. The summed E-state index contributed by atoms with van der Waals surface area (Å²) in [5, 5.41) is 16.9. The minimum absolute atomic E-state index is 0. The minimum Gasteiger partial charge on any atom is -0.481 e. The Morgan fingerprint density at radius 2 is 2.08 bits per heavy atom. The van der Waals surface area contributed by atoms with E-state index in [1.165, 1.54) is 0 Å². The molecule has 0 aromatic carbocycles. The number of ether oxygens (including phenoxy) is 1. The second-order valence-electron chi connectivity index (χ2n) is 5.90. The van der Waals surface area contributed by atoms with Gasteiger partial charge in [0.2, 0.25) is 5.88 Å². The Hall–Kier alpha value is -1.81. The van der Waals surface area contributed by atoms with Crippen LogP contribution in [0.25, 0.3) is 0 Å². The Bertz CT molecular complexity index is 716. The van der Waals surface area contributed by atoms with E-state index >= 15 is 0 Å². The van der Waals surface area contributed by atoms with Gasteiger partial charge in [0.1, 0.15) is 17.1 Å². The van der Waals surface area contributed by atoms with E-state index in [-0.39, 0.29) is 30.5 Å². The van der Waals surface area contributed by atoms with Crippen molar-refractivity contribution in [1.29, 1.82) is 0 Å². The van der Waals surface area contributed by atoms with Gasteiger partial charge in [-0.05, 0) is 39.0 Å². The van der Waals surface area contributed by atoms with Crippen LogP contribution >= 0.6 is 24.0 Å². The summed E-state index contributed by atoms with van der Waals surface area (Å²) in [4.78, 5) is 8.83. The molecule has 0 aliphatic heterocycles. The van der Waals surface area contributed by atoms with Crippen molar-refractivity contribution in [3.63, 3.8) is 0 Å². The van der Waals surface area contributed by atoms with Gasteiger partial charge in [-0.15, -0.1) is 24.0 Å². The lowest BCUT2D eigenvalue weighted by molar-refractivity contribution is 0.0378. The van der Waals surface area contributed by atoms with Crippen LogP contribution in [-0.2, 0) is 12.1 Å². The standard InChI is InChI=1S/C18H26N4O3.HI/c1-5-19-17(20-11-14-7-6-8-16(22-14)24-4)21-12-18(3,23)15-10-9-13(2)25-15;/h6-10,23H,5,11-12H2,1-4H3,(H2,19,20,21);1H. The Labute approximate surface area is 171 Å². The molecule has 0 saturated carbocycles. The van der Waals surface area contributed by atoms with Crippen LogP contribution in [0.4, 0.5) is 0 Å². The number of furan rings is 1. The average molecular weight is 474 g/mol. The quantitative estimate of drug-likeness (QED) is 0.325. The molecular weight excluding hydrogens is 447 g/mol. The van der Waals surface area contributed by atoms with Crippen molar-refractivity contribution < 1.29 is 14.3 Å². The molecule has 0 radical (unpaired) electrons. The van der Waals surface area contributed by atoms with Crippen molar-refractivity contribution in [2.24, 2.45) is 4.99 Å². The SMILES string of the molecule is CCNC(=NCc1cccc(OC)n1)NCC(C)(O)c1ccc(C)o1.I. The lowest BCUT2D eigenvalue weighted by Crippen LogP contribution is -2.44. The highest BCUT2D eigenvalue weighted by molar-refractivity contribution is 14.0. The number of guanidine groups is 1. The first kappa shape index (κ1) is 22.2. The molecule has 1 atom stereocenters. The normalized spacial score (nSPS) is 13.5. The van der Waals surface area contributed by atoms with E-state index in [0.29, 0.717) is 30.7 Å². The van der Waals surface area contributed by atoms with Crippen molar-refractivity contribution in [1.82, 2.24) is 15.6 Å².